The Hall–Kier alpha value is -4.33. The minimum absolute atomic E-state index is 0.239. The Morgan fingerprint density at radius 1 is 0.967 bits per heavy atom. The molecule has 4 aromatic rings. The van der Waals surface area contributed by atoms with Gasteiger partial charge in [-0.15, -0.1) is 0 Å². The van der Waals surface area contributed by atoms with Gasteiger partial charge in [-0.3, -0.25) is 14.6 Å². The van der Waals surface area contributed by atoms with Crippen molar-refractivity contribution in [3.05, 3.63) is 96.2 Å². The van der Waals surface area contributed by atoms with Crippen molar-refractivity contribution in [1.82, 2.24) is 14.8 Å². The number of halogens is 1. The highest BCUT2D eigenvalue weighted by molar-refractivity contribution is 6.08. The van der Waals surface area contributed by atoms with Crippen molar-refractivity contribution in [2.75, 3.05) is 5.32 Å². The van der Waals surface area contributed by atoms with Gasteiger partial charge >= 0.3 is 0 Å². The number of nitrogens with one attached hydrogen (secondary N) is 1. The number of nitrogens with two attached hydrogens (primary N) is 1. The van der Waals surface area contributed by atoms with Crippen LogP contribution in [0, 0.1) is 5.82 Å². The molecule has 2 aromatic heterocycles. The van der Waals surface area contributed by atoms with Crippen molar-refractivity contribution in [2.24, 2.45) is 5.73 Å². The minimum Gasteiger partial charge on any atom is -0.366 e. The Balaban J connectivity index is 1.74. The maximum atomic E-state index is 13.7. The lowest BCUT2D eigenvalue weighted by atomic mass is 10.1. The van der Waals surface area contributed by atoms with E-state index < -0.39 is 17.6 Å². The summed E-state index contributed by atoms with van der Waals surface area (Å²) in [4.78, 5) is 28.4. The first-order valence-corrected chi connectivity index (χ1v) is 8.99. The summed E-state index contributed by atoms with van der Waals surface area (Å²) in [6.07, 6.45) is 4.83. The molecule has 4 rings (SSSR count). The first-order valence-electron chi connectivity index (χ1n) is 8.99. The summed E-state index contributed by atoms with van der Waals surface area (Å²) in [5.74, 6) is -2.14. The summed E-state index contributed by atoms with van der Waals surface area (Å²) >= 11 is 0. The molecule has 0 saturated heterocycles. The maximum absolute atomic E-state index is 13.7. The molecule has 3 N–H and O–H groups in total. The number of para-hydroxylation sites is 1. The van der Waals surface area contributed by atoms with Gasteiger partial charge in [-0.05, 0) is 42.5 Å². The lowest BCUT2D eigenvalue weighted by Gasteiger charge is -2.07. The van der Waals surface area contributed by atoms with Crippen molar-refractivity contribution in [3.63, 3.8) is 0 Å². The Kier molecular flexibility index (Phi) is 5.04. The molecule has 148 valence electrons. The fraction of sp³-hybridized carbons (Fsp3) is 0. The van der Waals surface area contributed by atoms with E-state index in [2.05, 4.69) is 15.4 Å². The molecule has 7 nitrogen and oxygen atoms in total. The summed E-state index contributed by atoms with van der Waals surface area (Å²) in [7, 11) is 0. The normalized spacial score (nSPS) is 10.6. The number of rotatable bonds is 5. The van der Waals surface area contributed by atoms with Gasteiger partial charge in [-0.1, -0.05) is 18.2 Å². The van der Waals surface area contributed by atoms with Gasteiger partial charge in [0.15, 0.2) is 0 Å². The first kappa shape index (κ1) is 19.0. The lowest BCUT2D eigenvalue weighted by molar-refractivity contribution is 0.0992. The molecule has 0 radical (unpaired) electrons. The zero-order chi connectivity index (χ0) is 21.1. The molecule has 2 amide bonds. The Labute approximate surface area is 171 Å². The maximum Gasteiger partial charge on any atom is 0.259 e. The molecular weight excluding hydrogens is 385 g/mol. The number of amides is 2. The lowest BCUT2D eigenvalue weighted by Crippen LogP contribution is -2.16. The molecular formula is C22H16FN5O2. The van der Waals surface area contributed by atoms with Crippen LogP contribution in [0.4, 0.5) is 10.1 Å². The van der Waals surface area contributed by atoms with Gasteiger partial charge in [-0.25, -0.2) is 9.07 Å². The van der Waals surface area contributed by atoms with Crippen LogP contribution >= 0.6 is 0 Å². The fourth-order valence-corrected chi connectivity index (χ4v) is 2.97. The van der Waals surface area contributed by atoms with E-state index in [1.165, 1.54) is 12.1 Å². The minimum atomic E-state index is -0.919. The van der Waals surface area contributed by atoms with Crippen LogP contribution in [0.25, 0.3) is 16.9 Å². The van der Waals surface area contributed by atoms with E-state index >= 15 is 0 Å². The van der Waals surface area contributed by atoms with Crippen LogP contribution in [0.1, 0.15) is 20.7 Å². The fourth-order valence-electron chi connectivity index (χ4n) is 2.97. The van der Waals surface area contributed by atoms with Crippen molar-refractivity contribution < 1.29 is 14.0 Å². The third kappa shape index (κ3) is 3.79. The number of nitrogens with zero attached hydrogens (tertiary/aromatic N) is 3. The van der Waals surface area contributed by atoms with Gasteiger partial charge in [0.1, 0.15) is 11.5 Å². The van der Waals surface area contributed by atoms with Crippen LogP contribution in [-0.2, 0) is 0 Å². The highest BCUT2D eigenvalue weighted by Crippen LogP contribution is 2.25. The number of carbonyl (C=O) groups is 2. The smallest absolute Gasteiger partial charge is 0.259 e. The van der Waals surface area contributed by atoms with Crippen molar-refractivity contribution >= 4 is 17.5 Å². The van der Waals surface area contributed by atoms with E-state index in [0.717, 1.165) is 11.8 Å². The summed E-state index contributed by atoms with van der Waals surface area (Å²) in [6, 6.07) is 16.5. The summed E-state index contributed by atoms with van der Waals surface area (Å²) in [5, 5.41) is 7.24. The van der Waals surface area contributed by atoms with Crippen LogP contribution in [0.3, 0.4) is 0 Å². The zero-order valence-electron chi connectivity index (χ0n) is 15.6. The highest BCUT2D eigenvalue weighted by Gasteiger charge is 2.19. The van der Waals surface area contributed by atoms with Gasteiger partial charge in [0.2, 0.25) is 0 Å². The second-order valence-corrected chi connectivity index (χ2v) is 6.42. The number of aromatic nitrogens is 3. The average molecular weight is 401 g/mol. The third-order valence-electron chi connectivity index (χ3n) is 4.42. The van der Waals surface area contributed by atoms with E-state index in [1.807, 2.05) is 30.3 Å². The van der Waals surface area contributed by atoms with Crippen LogP contribution < -0.4 is 11.1 Å². The number of hydrogen-bond donors (Lipinski definition) is 2. The molecule has 8 heteroatoms. The summed E-state index contributed by atoms with van der Waals surface area (Å²) in [5.41, 5.74) is 7.37. The zero-order valence-corrected chi connectivity index (χ0v) is 15.6. The molecule has 0 spiro atoms. The van der Waals surface area contributed by atoms with Crippen LogP contribution in [0.5, 0.6) is 0 Å². The van der Waals surface area contributed by atoms with Gasteiger partial charge < -0.3 is 11.1 Å². The largest absolute Gasteiger partial charge is 0.366 e. The molecule has 0 aliphatic rings. The van der Waals surface area contributed by atoms with E-state index in [1.54, 1.807) is 35.4 Å². The molecule has 0 saturated carbocycles. The number of anilines is 1. The van der Waals surface area contributed by atoms with Gasteiger partial charge in [0, 0.05) is 29.8 Å². The van der Waals surface area contributed by atoms with E-state index in [0.29, 0.717) is 16.8 Å². The number of pyridine rings is 1. The second kappa shape index (κ2) is 7.96. The molecule has 2 heterocycles. The summed E-state index contributed by atoms with van der Waals surface area (Å²) in [6.45, 7) is 0. The summed E-state index contributed by atoms with van der Waals surface area (Å²) < 4.78 is 15.3. The molecule has 0 aliphatic heterocycles. The Morgan fingerprint density at radius 3 is 2.40 bits per heavy atom. The monoisotopic (exact) mass is 401 g/mol. The van der Waals surface area contributed by atoms with Crippen molar-refractivity contribution in [3.8, 4) is 16.9 Å². The number of benzene rings is 2. The standard InChI is InChI=1S/C22H16FN5O2/c23-19-7-6-15(12-17(19)21(24)29)26-22(30)18-13-28(16-4-2-1-3-5-16)27-20(18)14-8-10-25-11-9-14/h1-13H,(H2,24,29)(H,26,30). The predicted molar refractivity (Wildman–Crippen MR) is 110 cm³/mol. The van der Waals surface area contributed by atoms with E-state index in [-0.39, 0.29) is 11.3 Å². The first-order chi connectivity index (χ1) is 14.5. The highest BCUT2D eigenvalue weighted by atomic mass is 19.1. The second-order valence-electron chi connectivity index (χ2n) is 6.42. The number of carbonyl (C=O) groups excluding carboxylic acids is 2. The quantitative estimate of drug-likeness (QED) is 0.535. The van der Waals surface area contributed by atoms with Gasteiger partial charge in [0.05, 0.1) is 16.8 Å². The molecule has 0 unspecified atom stereocenters. The van der Waals surface area contributed by atoms with Crippen LogP contribution in [-0.4, -0.2) is 26.6 Å². The van der Waals surface area contributed by atoms with E-state index in [9.17, 15) is 14.0 Å². The van der Waals surface area contributed by atoms with Gasteiger partial charge in [0.25, 0.3) is 11.8 Å². The SMILES string of the molecule is NC(=O)c1cc(NC(=O)c2cn(-c3ccccc3)nc2-c2ccncc2)ccc1F. The molecule has 0 bridgehead atoms. The predicted octanol–water partition coefficient (Wildman–Crippen LogP) is 3.42. The van der Waals surface area contributed by atoms with Crippen molar-refractivity contribution in [2.45, 2.75) is 0 Å². The van der Waals surface area contributed by atoms with Gasteiger partial charge in [-0.2, -0.15) is 5.10 Å². The van der Waals surface area contributed by atoms with Crippen molar-refractivity contribution in [1.29, 1.82) is 0 Å². The topological polar surface area (TPSA) is 103 Å². The Morgan fingerprint density at radius 2 is 1.70 bits per heavy atom. The van der Waals surface area contributed by atoms with E-state index in [4.69, 9.17) is 5.73 Å². The third-order valence-corrected chi connectivity index (χ3v) is 4.42. The van der Waals surface area contributed by atoms with Crippen LogP contribution in [0.15, 0.2) is 79.3 Å². The molecule has 0 atom stereocenters. The molecule has 2 aromatic carbocycles. The molecule has 0 fully saturated rings. The molecule has 0 aliphatic carbocycles. The van der Waals surface area contributed by atoms with Crippen LogP contribution in [0.2, 0.25) is 0 Å². The average Bonchev–Trinajstić information content (AvgIpc) is 3.22. The number of primary amides is 1. The number of hydrogen-bond acceptors (Lipinski definition) is 4. The Bertz CT molecular complexity index is 1220. The molecule has 30 heavy (non-hydrogen) atoms.